The van der Waals surface area contributed by atoms with Crippen LogP contribution in [-0.2, 0) is 19.9 Å². The Hall–Kier alpha value is -1.90. The third kappa shape index (κ3) is 4.14. The summed E-state index contributed by atoms with van der Waals surface area (Å²) in [6.07, 6.45) is 1.07. The number of nitrogens with one attached hydrogen (secondary N) is 1. The second kappa shape index (κ2) is 6.92. The Balaban J connectivity index is 2.28. The minimum Gasteiger partial charge on any atom is -0.496 e. The normalized spacial score (nSPS) is 13.5. The lowest BCUT2D eigenvalue weighted by Gasteiger charge is -2.17. The van der Waals surface area contributed by atoms with Gasteiger partial charge in [0, 0.05) is 17.9 Å². The topological polar surface area (TPSA) is 89.5 Å². The fourth-order valence-corrected chi connectivity index (χ4v) is 4.11. The standard InChI is InChI=1S/C16H19NO5S2/c1-12(15-6-4-5-7-16(15)22-2)17-24(20,21)14-10-8-13(9-11-14)23(3,18)19/h4-12,17H,1-3H3/t12-/m0/s1. The molecule has 8 heteroatoms. The van der Waals surface area contributed by atoms with Crippen LogP contribution in [0.3, 0.4) is 0 Å². The van der Waals surface area contributed by atoms with Crippen molar-refractivity contribution in [2.45, 2.75) is 22.8 Å². The molecule has 6 nitrogen and oxygen atoms in total. The van der Waals surface area contributed by atoms with Crippen LogP contribution in [0, 0.1) is 0 Å². The fraction of sp³-hybridized carbons (Fsp3) is 0.250. The molecule has 0 bridgehead atoms. The Morgan fingerprint density at radius 1 is 0.917 bits per heavy atom. The van der Waals surface area contributed by atoms with E-state index in [1.165, 1.54) is 31.4 Å². The second-order valence-corrected chi connectivity index (χ2v) is 9.06. The van der Waals surface area contributed by atoms with Gasteiger partial charge in [-0.05, 0) is 37.3 Å². The zero-order valence-corrected chi connectivity index (χ0v) is 15.2. The van der Waals surface area contributed by atoms with Crippen molar-refractivity contribution in [1.82, 2.24) is 4.72 Å². The van der Waals surface area contributed by atoms with E-state index in [1.54, 1.807) is 31.2 Å². The number of hydrogen-bond acceptors (Lipinski definition) is 5. The van der Waals surface area contributed by atoms with Gasteiger partial charge in [-0.15, -0.1) is 0 Å². The molecule has 0 aromatic heterocycles. The van der Waals surface area contributed by atoms with Gasteiger partial charge < -0.3 is 4.74 Å². The van der Waals surface area contributed by atoms with Crippen molar-refractivity contribution in [3.8, 4) is 5.75 Å². The van der Waals surface area contributed by atoms with E-state index in [-0.39, 0.29) is 9.79 Å². The molecule has 2 aromatic rings. The van der Waals surface area contributed by atoms with E-state index in [0.717, 1.165) is 6.26 Å². The summed E-state index contributed by atoms with van der Waals surface area (Å²) in [6.45, 7) is 1.71. The molecule has 0 unspecified atom stereocenters. The quantitative estimate of drug-likeness (QED) is 0.843. The molecule has 0 fully saturated rings. The average molecular weight is 369 g/mol. The first kappa shape index (κ1) is 18.4. The van der Waals surface area contributed by atoms with Gasteiger partial charge in [-0.25, -0.2) is 21.6 Å². The van der Waals surface area contributed by atoms with Gasteiger partial charge in [-0.3, -0.25) is 0 Å². The molecule has 0 aliphatic carbocycles. The predicted molar refractivity (Wildman–Crippen MR) is 91.3 cm³/mol. The van der Waals surface area contributed by atoms with Gasteiger partial charge >= 0.3 is 0 Å². The van der Waals surface area contributed by atoms with Crippen LogP contribution in [0.2, 0.25) is 0 Å². The molecule has 0 radical (unpaired) electrons. The molecule has 0 aliphatic rings. The minimum absolute atomic E-state index is 0.00310. The van der Waals surface area contributed by atoms with Gasteiger partial charge in [-0.1, -0.05) is 18.2 Å². The molecule has 2 rings (SSSR count). The highest BCUT2D eigenvalue weighted by molar-refractivity contribution is 7.90. The zero-order valence-electron chi connectivity index (χ0n) is 13.6. The van der Waals surface area contributed by atoms with Gasteiger partial charge in [0.05, 0.1) is 16.9 Å². The molecule has 0 spiro atoms. The van der Waals surface area contributed by atoms with Crippen LogP contribution in [0.25, 0.3) is 0 Å². The highest BCUT2D eigenvalue weighted by atomic mass is 32.2. The summed E-state index contributed by atoms with van der Waals surface area (Å²) in [5.41, 5.74) is 0.705. The molecular weight excluding hydrogens is 350 g/mol. The Morgan fingerprint density at radius 3 is 2.00 bits per heavy atom. The molecule has 1 atom stereocenters. The van der Waals surface area contributed by atoms with Gasteiger partial charge in [-0.2, -0.15) is 0 Å². The second-order valence-electron chi connectivity index (χ2n) is 5.33. The first-order valence-corrected chi connectivity index (χ1v) is 10.5. The van der Waals surface area contributed by atoms with Crippen LogP contribution in [0.1, 0.15) is 18.5 Å². The van der Waals surface area contributed by atoms with Crippen molar-refractivity contribution in [1.29, 1.82) is 0 Å². The molecule has 130 valence electrons. The third-order valence-corrected chi connectivity index (χ3v) is 6.18. The van der Waals surface area contributed by atoms with Crippen LogP contribution in [0.5, 0.6) is 5.75 Å². The van der Waals surface area contributed by atoms with Gasteiger partial charge in [0.25, 0.3) is 0 Å². The lowest BCUT2D eigenvalue weighted by molar-refractivity contribution is 0.405. The fourth-order valence-electron chi connectivity index (χ4n) is 2.25. The number of sulfonamides is 1. The van der Waals surface area contributed by atoms with Crippen molar-refractivity contribution in [3.63, 3.8) is 0 Å². The number of hydrogen-bond donors (Lipinski definition) is 1. The molecule has 0 amide bonds. The minimum atomic E-state index is -3.80. The monoisotopic (exact) mass is 369 g/mol. The number of methoxy groups -OCH3 is 1. The van der Waals surface area contributed by atoms with Gasteiger partial charge in [0.2, 0.25) is 10.0 Å². The molecular formula is C16H19NO5S2. The Kier molecular flexibility index (Phi) is 5.32. The van der Waals surface area contributed by atoms with E-state index >= 15 is 0 Å². The number of ether oxygens (including phenoxy) is 1. The molecule has 1 N–H and O–H groups in total. The maximum atomic E-state index is 12.5. The summed E-state index contributed by atoms with van der Waals surface area (Å²) >= 11 is 0. The molecule has 0 saturated heterocycles. The van der Waals surface area contributed by atoms with Crippen LogP contribution in [-0.4, -0.2) is 30.2 Å². The summed E-state index contributed by atoms with van der Waals surface area (Å²) in [5.74, 6) is 0.583. The van der Waals surface area contributed by atoms with E-state index in [2.05, 4.69) is 4.72 Å². The first-order chi connectivity index (χ1) is 11.1. The van der Waals surface area contributed by atoms with Crippen molar-refractivity contribution in [2.24, 2.45) is 0 Å². The number of rotatable bonds is 6. The Bertz CT molecular complexity index is 919. The molecule has 24 heavy (non-hydrogen) atoms. The summed E-state index contributed by atoms with van der Waals surface area (Å²) in [7, 11) is -5.65. The molecule has 2 aromatic carbocycles. The van der Waals surface area contributed by atoms with Crippen molar-refractivity contribution in [3.05, 3.63) is 54.1 Å². The van der Waals surface area contributed by atoms with E-state index in [0.29, 0.717) is 11.3 Å². The SMILES string of the molecule is COc1ccccc1[C@H](C)NS(=O)(=O)c1ccc(S(C)(=O)=O)cc1. The summed E-state index contributed by atoms with van der Waals surface area (Å²) in [5, 5.41) is 0. The van der Waals surface area contributed by atoms with Crippen LogP contribution in [0.15, 0.2) is 58.3 Å². The largest absolute Gasteiger partial charge is 0.496 e. The molecule has 0 heterocycles. The maximum Gasteiger partial charge on any atom is 0.241 e. The Morgan fingerprint density at radius 2 is 1.46 bits per heavy atom. The highest BCUT2D eigenvalue weighted by Gasteiger charge is 2.21. The molecule has 0 saturated carbocycles. The van der Waals surface area contributed by atoms with E-state index in [9.17, 15) is 16.8 Å². The van der Waals surface area contributed by atoms with Crippen molar-refractivity contribution in [2.75, 3.05) is 13.4 Å². The van der Waals surface area contributed by atoms with E-state index in [4.69, 9.17) is 4.74 Å². The predicted octanol–water partition coefficient (Wildman–Crippen LogP) is 2.14. The molecule has 0 aliphatic heterocycles. The van der Waals surface area contributed by atoms with Gasteiger partial charge in [0.1, 0.15) is 5.75 Å². The maximum absolute atomic E-state index is 12.5. The van der Waals surface area contributed by atoms with Crippen LogP contribution < -0.4 is 9.46 Å². The van der Waals surface area contributed by atoms with Crippen molar-refractivity contribution < 1.29 is 21.6 Å². The summed E-state index contributed by atoms with van der Waals surface area (Å²) in [4.78, 5) is 0.0656. The first-order valence-electron chi connectivity index (χ1n) is 7.10. The van der Waals surface area contributed by atoms with E-state index < -0.39 is 25.9 Å². The Labute approximate surface area is 142 Å². The third-order valence-electron chi connectivity index (χ3n) is 3.50. The lowest BCUT2D eigenvalue weighted by Crippen LogP contribution is -2.27. The van der Waals surface area contributed by atoms with Crippen LogP contribution in [0.4, 0.5) is 0 Å². The van der Waals surface area contributed by atoms with E-state index in [1.807, 2.05) is 0 Å². The average Bonchev–Trinajstić information content (AvgIpc) is 2.53. The van der Waals surface area contributed by atoms with Crippen LogP contribution >= 0.6 is 0 Å². The van der Waals surface area contributed by atoms with Crippen molar-refractivity contribution >= 4 is 19.9 Å². The zero-order chi connectivity index (χ0) is 18.0. The number of para-hydroxylation sites is 1. The van der Waals surface area contributed by atoms with Gasteiger partial charge in [0.15, 0.2) is 9.84 Å². The smallest absolute Gasteiger partial charge is 0.241 e. The lowest BCUT2D eigenvalue weighted by atomic mass is 10.1. The summed E-state index contributed by atoms with van der Waals surface area (Å²) in [6, 6.07) is 11.7. The summed E-state index contributed by atoms with van der Waals surface area (Å²) < 4.78 is 55.6. The number of benzene rings is 2. The number of sulfone groups is 1. The highest BCUT2D eigenvalue weighted by Crippen LogP contribution is 2.26.